The van der Waals surface area contributed by atoms with Gasteiger partial charge in [-0.15, -0.1) is 11.3 Å². The first-order chi connectivity index (χ1) is 13.0. The van der Waals surface area contributed by atoms with Gasteiger partial charge in [-0.2, -0.15) is 0 Å². The van der Waals surface area contributed by atoms with Crippen LogP contribution in [0.15, 0.2) is 48.5 Å². The van der Waals surface area contributed by atoms with Crippen LogP contribution in [0.4, 0.5) is 11.4 Å². The number of fused-ring (bicyclic) bond motifs is 1. The summed E-state index contributed by atoms with van der Waals surface area (Å²) in [6.45, 7) is 4.73. The third-order valence-electron chi connectivity index (χ3n) is 5.03. The quantitative estimate of drug-likeness (QED) is 0.506. The fraction of sp³-hybridized carbons (Fsp3) is 0.250. The highest BCUT2D eigenvalue weighted by Crippen LogP contribution is 2.32. The number of nitro groups is 1. The van der Waals surface area contributed by atoms with Crippen molar-refractivity contribution in [2.24, 2.45) is 0 Å². The van der Waals surface area contributed by atoms with E-state index in [-0.39, 0.29) is 11.6 Å². The zero-order valence-corrected chi connectivity index (χ0v) is 15.7. The van der Waals surface area contributed by atoms with E-state index < -0.39 is 4.92 Å². The number of nitrogens with zero attached hydrogens (tertiary/aromatic N) is 3. The third kappa shape index (κ3) is 3.26. The predicted octanol–water partition coefficient (Wildman–Crippen LogP) is 4.08. The Morgan fingerprint density at radius 1 is 1.04 bits per heavy atom. The highest BCUT2D eigenvalue weighted by molar-refractivity contribution is 7.21. The molecule has 1 aliphatic rings. The Bertz CT molecular complexity index is 1000. The number of non-ortho nitro benzene ring substituents is 1. The Balaban J connectivity index is 1.46. The molecule has 0 radical (unpaired) electrons. The number of thiophene rings is 1. The molecule has 7 heteroatoms. The van der Waals surface area contributed by atoms with Crippen LogP contribution in [0.25, 0.3) is 10.1 Å². The Labute approximate surface area is 160 Å². The number of benzene rings is 2. The van der Waals surface area contributed by atoms with Crippen LogP contribution >= 0.6 is 11.3 Å². The van der Waals surface area contributed by atoms with Crippen LogP contribution in [0.3, 0.4) is 0 Å². The molecule has 1 aromatic heterocycles. The highest BCUT2D eigenvalue weighted by atomic mass is 32.1. The molecule has 0 saturated carbocycles. The van der Waals surface area contributed by atoms with Gasteiger partial charge in [0.15, 0.2) is 0 Å². The summed E-state index contributed by atoms with van der Waals surface area (Å²) < 4.78 is 1.14. The number of anilines is 1. The number of rotatable bonds is 3. The molecule has 0 N–H and O–H groups in total. The van der Waals surface area contributed by atoms with Gasteiger partial charge in [-0.1, -0.05) is 18.2 Å². The van der Waals surface area contributed by atoms with Crippen LogP contribution < -0.4 is 4.90 Å². The van der Waals surface area contributed by atoms with Gasteiger partial charge in [0.1, 0.15) is 0 Å². The van der Waals surface area contributed by atoms with Gasteiger partial charge in [0.25, 0.3) is 11.6 Å². The molecule has 2 aromatic carbocycles. The standard InChI is InChI=1S/C20H19N3O3S/c1-14-17-4-2-3-5-18(17)27-19(14)20(24)22-12-10-21(11-13-22)15-6-8-16(9-7-15)23(25)26/h2-9H,10-13H2,1H3. The smallest absolute Gasteiger partial charge is 0.269 e. The lowest BCUT2D eigenvalue weighted by Crippen LogP contribution is -2.48. The maximum Gasteiger partial charge on any atom is 0.269 e. The first-order valence-corrected chi connectivity index (χ1v) is 9.63. The van der Waals surface area contributed by atoms with E-state index in [1.54, 1.807) is 23.5 Å². The second-order valence-electron chi connectivity index (χ2n) is 6.61. The van der Waals surface area contributed by atoms with Crippen molar-refractivity contribution >= 4 is 38.7 Å². The van der Waals surface area contributed by atoms with Gasteiger partial charge in [0.05, 0.1) is 9.80 Å². The molecule has 2 heterocycles. The average molecular weight is 381 g/mol. The molecule has 0 aliphatic carbocycles. The second kappa shape index (κ2) is 7.00. The van der Waals surface area contributed by atoms with Gasteiger partial charge in [-0.05, 0) is 36.1 Å². The molecule has 27 heavy (non-hydrogen) atoms. The first kappa shape index (κ1) is 17.5. The largest absolute Gasteiger partial charge is 0.368 e. The van der Waals surface area contributed by atoms with Crippen molar-refractivity contribution in [3.05, 3.63) is 69.1 Å². The number of hydrogen-bond donors (Lipinski definition) is 0. The zero-order valence-electron chi connectivity index (χ0n) is 14.9. The van der Waals surface area contributed by atoms with E-state index in [4.69, 9.17) is 0 Å². The van der Waals surface area contributed by atoms with Crippen molar-refractivity contribution in [3.63, 3.8) is 0 Å². The van der Waals surface area contributed by atoms with Crippen molar-refractivity contribution in [3.8, 4) is 0 Å². The van der Waals surface area contributed by atoms with Crippen molar-refractivity contribution in [2.45, 2.75) is 6.92 Å². The van der Waals surface area contributed by atoms with Crippen LogP contribution in [0.2, 0.25) is 0 Å². The molecular weight excluding hydrogens is 362 g/mol. The third-order valence-corrected chi connectivity index (χ3v) is 6.29. The van der Waals surface area contributed by atoms with Gasteiger partial charge < -0.3 is 9.80 Å². The SMILES string of the molecule is Cc1c(C(=O)N2CCN(c3ccc([N+](=O)[O-])cc3)CC2)sc2ccccc12. The Morgan fingerprint density at radius 3 is 2.33 bits per heavy atom. The topological polar surface area (TPSA) is 66.7 Å². The molecular formula is C20H19N3O3S. The zero-order chi connectivity index (χ0) is 19.0. The predicted molar refractivity (Wildman–Crippen MR) is 108 cm³/mol. The van der Waals surface area contributed by atoms with Gasteiger partial charge >= 0.3 is 0 Å². The summed E-state index contributed by atoms with van der Waals surface area (Å²) in [6.07, 6.45) is 0. The number of nitro benzene ring substituents is 1. The minimum atomic E-state index is -0.395. The lowest BCUT2D eigenvalue weighted by atomic mass is 10.1. The monoisotopic (exact) mass is 381 g/mol. The van der Waals surface area contributed by atoms with E-state index in [9.17, 15) is 14.9 Å². The maximum absolute atomic E-state index is 13.0. The molecule has 1 aliphatic heterocycles. The van der Waals surface area contributed by atoms with Gasteiger partial charge in [-0.25, -0.2) is 0 Å². The van der Waals surface area contributed by atoms with Crippen molar-refractivity contribution in [2.75, 3.05) is 31.1 Å². The van der Waals surface area contributed by atoms with E-state index >= 15 is 0 Å². The maximum atomic E-state index is 13.0. The molecule has 1 saturated heterocycles. The van der Waals surface area contributed by atoms with Crippen LogP contribution in [-0.2, 0) is 0 Å². The number of carbonyl (C=O) groups is 1. The van der Waals surface area contributed by atoms with Crippen molar-refractivity contribution in [1.29, 1.82) is 0 Å². The van der Waals surface area contributed by atoms with Gasteiger partial charge in [0.2, 0.25) is 0 Å². The van der Waals surface area contributed by atoms with Crippen molar-refractivity contribution < 1.29 is 9.72 Å². The molecule has 138 valence electrons. The minimum absolute atomic E-state index is 0.0906. The Hall–Kier alpha value is -2.93. The number of hydrogen-bond acceptors (Lipinski definition) is 5. The average Bonchev–Trinajstić information content (AvgIpc) is 3.04. The molecule has 4 rings (SSSR count). The first-order valence-electron chi connectivity index (χ1n) is 8.81. The molecule has 0 spiro atoms. The van der Waals surface area contributed by atoms with Crippen LogP contribution in [0.5, 0.6) is 0 Å². The highest BCUT2D eigenvalue weighted by Gasteiger charge is 2.25. The normalized spacial score (nSPS) is 14.6. The molecule has 0 unspecified atom stereocenters. The lowest BCUT2D eigenvalue weighted by molar-refractivity contribution is -0.384. The van der Waals surface area contributed by atoms with E-state index in [1.807, 2.05) is 24.0 Å². The molecule has 3 aromatic rings. The molecule has 0 atom stereocenters. The summed E-state index contributed by atoms with van der Waals surface area (Å²) >= 11 is 1.56. The minimum Gasteiger partial charge on any atom is -0.368 e. The lowest BCUT2D eigenvalue weighted by Gasteiger charge is -2.36. The Morgan fingerprint density at radius 2 is 1.70 bits per heavy atom. The summed E-state index contributed by atoms with van der Waals surface area (Å²) in [7, 11) is 0. The molecule has 1 fully saturated rings. The number of aryl methyl sites for hydroxylation is 1. The Kier molecular flexibility index (Phi) is 4.53. The number of carbonyl (C=O) groups excluding carboxylic acids is 1. The van der Waals surface area contributed by atoms with Crippen LogP contribution in [-0.4, -0.2) is 41.9 Å². The van der Waals surface area contributed by atoms with Crippen LogP contribution in [0, 0.1) is 17.0 Å². The second-order valence-corrected chi connectivity index (χ2v) is 7.66. The van der Waals surface area contributed by atoms with Gasteiger partial charge in [-0.3, -0.25) is 14.9 Å². The number of amides is 1. The van der Waals surface area contributed by atoms with E-state index in [1.165, 1.54) is 12.1 Å². The summed E-state index contributed by atoms with van der Waals surface area (Å²) in [5.41, 5.74) is 2.09. The van der Waals surface area contributed by atoms with E-state index in [2.05, 4.69) is 17.0 Å². The van der Waals surface area contributed by atoms with E-state index in [0.29, 0.717) is 26.2 Å². The van der Waals surface area contributed by atoms with Gasteiger partial charge in [0, 0.05) is 48.7 Å². The number of piperazine rings is 1. The summed E-state index contributed by atoms with van der Waals surface area (Å²) in [5.74, 6) is 0.0945. The fourth-order valence-electron chi connectivity index (χ4n) is 3.47. The molecule has 1 amide bonds. The molecule has 6 nitrogen and oxygen atoms in total. The summed E-state index contributed by atoms with van der Waals surface area (Å²) in [5, 5.41) is 11.9. The summed E-state index contributed by atoms with van der Waals surface area (Å²) in [4.78, 5) is 28.3. The van der Waals surface area contributed by atoms with E-state index in [0.717, 1.165) is 26.2 Å². The fourth-order valence-corrected chi connectivity index (χ4v) is 4.65. The van der Waals surface area contributed by atoms with Crippen molar-refractivity contribution in [1.82, 2.24) is 4.90 Å². The molecule has 0 bridgehead atoms. The summed E-state index contributed by atoms with van der Waals surface area (Å²) in [6, 6.07) is 14.7. The van der Waals surface area contributed by atoms with Crippen LogP contribution in [0.1, 0.15) is 15.2 Å².